The molecule has 17 heavy (non-hydrogen) atoms. The lowest BCUT2D eigenvalue weighted by molar-refractivity contribution is -0.142. The number of alkyl carbamates (subject to hydrolysis) is 1. The van der Waals surface area contributed by atoms with Crippen LogP contribution in [-0.4, -0.2) is 32.3 Å². The molecule has 0 radical (unpaired) electrons. The summed E-state index contributed by atoms with van der Waals surface area (Å²) in [6.07, 6.45) is -0.292. The summed E-state index contributed by atoms with van der Waals surface area (Å²) >= 11 is 0. The molecule has 0 aromatic heterocycles. The van der Waals surface area contributed by atoms with Gasteiger partial charge in [0, 0.05) is 6.42 Å². The summed E-state index contributed by atoms with van der Waals surface area (Å²) < 4.78 is 9.08. The maximum Gasteiger partial charge on any atom is 0.407 e. The topological polar surface area (TPSA) is 64.6 Å². The second kappa shape index (κ2) is 6.52. The van der Waals surface area contributed by atoms with Crippen LogP contribution in [0.4, 0.5) is 4.79 Å². The molecule has 0 bridgehead atoms. The number of methoxy groups -OCH3 is 2. The maximum absolute atomic E-state index is 11.5. The standard InChI is InChI=1S/C12H15NO4/c1-16-11(14)10(13-12(15)17-2)8-9-6-4-3-5-7-9/h3-7,10H,8H2,1-2H3,(H,13,15)/t10-/m1/s1. The first-order valence-corrected chi connectivity index (χ1v) is 5.13. The van der Waals surface area contributed by atoms with Crippen molar-refractivity contribution in [2.24, 2.45) is 0 Å². The zero-order valence-corrected chi connectivity index (χ0v) is 9.80. The van der Waals surface area contributed by atoms with E-state index < -0.39 is 18.1 Å². The molecule has 0 fully saturated rings. The van der Waals surface area contributed by atoms with Crippen LogP contribution in [0.3, 0.4) is 0 Å². The minimum atomic E-state index is -0.741. The van der Waals surface area contributed by atoms with Crippen molar-refractivity contribution in [1.82, 2.24) is 5.32 Å². The number of amides is 1. The predicted molar refractivity (Wildman–Crippen MR) is 61.5 cm³/mol. The molecule has 1 atom stereocenters. The van der Waals surface area contributed by atoms with Crippen molar-refractivity contribution >= 4 is 12.1 Å². The van der Waals surface area contributed by atoms with Crippen molar-refractivity contribution in [3.63, 3.8) is 0 Å². The van der Waals surface area contributed by atoms with Gasteiger partial charge in [-0.1, -0.05) is 30.3 Å². The molecule has 1 aromatic rings. The molecule has 0 saturated carbocycles. The lowest BCUT2D eigenvalue weighted by Gasteiger charge is -2.15. The van der Waals surface area contributed by atoms with Gasteiger partial charge in [-0.2, -0.15) is 0 Å². The summed E-state index contributed by atoms with van der Waals surface area (Å²) in [4.78, 5) is 22.6. The summed E-state index contributed by atoms with van der Waals surface area (Å²) in [7, 11) is 2.52. The highest BCUT2D eigenvalue weighted by atomic mass is 16.5. The van der Waals surface area contributed by atoms with Crippen molar-refractivity contribution < 1.29 is 19.1 Å². The largest absolute Gasteiger partial charge is 0.467 e. The monoisotopic (exact) mass is 237 g/mol. The zero-order valence-electron chi connectivity index (χ0n) is 9.80. The van der Waals surface area contributed by atoms with E-state index in [1.54, 1.807) is 0 Å². The number of rotatable bonds is 4. The first-order chi connectivity index (χ1) is 8.17. The van der Waals surface area contributed by atoms with Crippen molar-refractivity contribution in [3.05, 3.63) is 35.9 Å². The molecule has 0 heterocycles. The third-order valence-corrected chi connectivity index (χ3v) is 2.25. The Balaban J connectivity index is 2.70. The van der Waals surface area contributed by atoms with E-state index in [1.807, 2.05) is 30.3 Å². The molecule has 0 aliphatic heterocycles. The van der Waals surface area contributed by atoms with E-state index >= 15 is 0 Å². The van der Waals surface area contributed by atoms with E-state index in [-0.39, 0.29) is 0 Å². The molecule has 1 N–H and O–H groups in total. The average molecular weight is 237 g/mol. The fraction of sp³-hybridized carbons (Fsp3) is 0.333. The first kappa shape index (κ1) is 13.0. The van der Waals surface area contributed by atoms with Crippen molar-refractivity contribution in [2.45, 2.75) is 12.5 Å². The Kier molecular flexibility index (Phi) is 5.00. The molecule has 92 valence electrons. The van der Waals surface area contributed by atoms with Crippen LogP contribution in [0.15, 0.2) is 30.3 Å². The molecular weight excluding hydrogens is 222 g/mol. The summed E-state index contributed by atoms with van der Waals surface area (Å²) in [5, 5.41) is 2.43. The van der Waals surface area contributed by atoms with Crippen LogP contribution < -0.4 is 5.32 Å². The minimum absolute atomic E-state index is 0.364. The molecule has 5 nitrogen and oxygen atoms in total. The Morgan fingerprint density at radius 1 is 1.18 bits per heavy atom. The van der Waals surface area contributed by atoms with Gasteiger partial charge in [0.15, 0.2) is 0 Å². The molecule has 5 heteroatoms. The van der Waals surface area contributed by atoms with Crippen LogP contribution in [0.2, 0.25) is 0 Å². The van der Waals surface area contributed by atoms with Crippen LogP contribution in [-0.2, 0) is 20.7 Å². The number of nitrogens with one attached hydrogen (secondary N) is 1. The first-order valence-electron chi connectivity index (χ1n) is 5.13. The van der Waals surface area contributed by atoms with Gasteiger partial charge in [0.25, 0.3) is 0 Å². The number of hydrogen-bond donors (Lipinski definition) is 1. The molecule has 0 spiro atoms. The van der Waals surface area contributed by atoms with Crippen LogP contribution in [0.25, 0.3) is 0 Å². The van der Waals surface area contributed by atoms with Crippen molar-refractivity contribution in [3.8, 4) is 0 Å². The normalized spacial score (nSPS) is 11.4. The zero-order chi connectivity index (χ0) is 12.7. The molecule has 1 amide bonds. The fourth-order valence-electron chi connectivity index (χ4n) is 1.39. The van der Waals surface area contributed by atoms with Crippen LogP contribution in [0.1, 0.15) is 5.56 Å². The van der Waals surface area contributed by atoms with E-state index in [9.17, 15) is 9.59 Å². The SMILES string of the molecule is COC(=O)N[C@H](Cc1ccccc1)C(=O)OC. The van der Waals surface area contributed by atoms with E-state index in [0.717, 1.165) is 5.56 Å². The van der Waals surface area contributed by atoms with Crippen LogP contribution in [0.5, 0.6) is 0 Å². The van der Waals surface area contributed by atoms with Gasteiger partial charge in [-0.15, -0.1) is 0 Å². The number of benzene rings is 1. The molecular formula is C12H15NO4. The summed E-state index contributed by atoms with van der Waals surface area (Å²) in [5.74, 6) is -0.501. The Hall–Kier alpha value is -2.04. The number of hydrogen-bond acceptors (Lipinski definition) is 4. The van der Waals surface area contributed by atoms with Gasteiger partial charge in [-0.05, 0) is 5.56 Å². The van der Waals surface area contributed by atoms with E-state index in [2.05, 4.69) is 14.8 Å². The fourth-order valence-corrected chi connectivity index (χ4v) is 1.39. The highest BCUT2D eigenvalue weighted by Gasteiger charge is 2.21. The lowest BCUT2D eigenvalue weighted by Crippen LogP contribution is -2.42. The van der Waals surface area contributed by atoms with Gasteiger partial charge < -0.3 is 14.8 Å². The van der Waals surface area contributed by atoms with Gasteiger partial charge in [-0.25, -0.2) is 9.59 Å². The lowest BCUT2D eigenvalue weighted by atomic mass is 10.1. The van der Waals surface area contributed by atoms with E-state index in [1.165, 1.54) is 14.2 Å². The molecule has 0 aliphatic rings. The van der Waals surface area contributed by atoms with Crippen molar-refractivity contribution in [1.29, 1.82) is 0 Å². The Labute approximate surface area is 99.7 Å². The molecule has 0 unspecified atom stereocenters. The van der Waals surface area contributed by atoms with E-state index in [4.69, 9.17) is 0 Å². The van der Waals surface area contributed by atoms with Gasteiger partial charge in [-0.3, -0.25) is 0 Å². The summed E-state index contributed by atoms with van der Waals surface area (Å²) in [6.45, 7) is 0. The summed E-state index contributed by atoms with van der Waals surface area (Å²) in [6, 6.07) is 8.60. The maximum atomic E-state index is 11.5. The number of carbonyl (C=O) groups is 2. The predicted octanol–water partition coefficient (Wildman–Crippen LogP) is 1.13. The Bertz CT molecular complexity index is 377. The van der Waals surface area contributed by atoms with Crippen LogP contribution >= 0.6 is 0 Å². The number of esters is 1. The second-order valence-electron chi connectivity index (χ2n) is 3.40. The smallest absolute Gasteiger partial charge is 0.407 e. The average Bonchev–Trinajstić information content (AvgIpc) is 2.38. The third kappa shape index (κ3) is 4.14. The Morgan fingerprint density at radius 2 is 1.82 bits per heavy atom. The van der Waals surface area contributed by atoms with Gasteiger partial charge in [0.05, 0.1) is 14.2 Å². The molecule has 1 rings (SSSR count). The minimum Gasteiger partial charge on any atom is -0.467 e. The quantitative estimate of drug-likeness (QED) is 0.797. The van der Waals surface area contributed by atoms with E-state index in [0.29, 0.717) is 6.42 Å². The summed E-state index contributed by atoms with van der Waals surface area (Å²) in [5.41, 5.74) is 0.930. The Morgan fingerprint density at radius 3 is 2.35 bits per heavy atom. The molecule has 1 aromatic carbocycles. The van der Waals surface area contributed by atoms with Gasteiger partial charge in [0.1, 0.15) is 6.04 Å². The second-order valence-corrected chi connectivity index (χ2v) is 3.40. The van der Waals surface area contributed by atoms with Crippen LogP contribution in [0, 0.1) is 0 Å². The highest BCUT2D eigenvalue weighted by Crippen LogP contribution is 2.04. The highest BCUT2D eigenvalue weighted by molar-refractivity contribution is 5.81. The number of ether oxygens (including phenoxy) is 2. The van der Waals surface area contributed by atoms with Gasteiger partial charge in [0.2, 0.25) is 0 Å². The van der Waals surface area contributed by atoms with Gasteiger partial charge >= 0.3 is 12.1 Å². The number of carbonyl (C=O) groups excluding carboxylic acids is 2. The molecule has 0 saturated heterocycles. The molecule has 0 aliphatic carbocycles. The third-order valence-electron chi connectivity index (χ3n) is 2.25. The van der Waals surface area contributed by atoms with Crippen molar-refractivity contribution in [2.75, 3.05) is 14.2 Å².